The van der Waals surface area contributed by atoms with Crippen molar-refractivity contribution < 1.29 is 0 Å². The lowest BCUT2D eigenvalue weighted by molar-refractivity contribution is 1.37. The van der Waals surface area contributed by atoms with Crippen LogP contribution in [0.5, 0.6) is 0 Å². The van der Waals surface area contributed by atoms with Crippen LogP contribution in [0.1, 0.15) is 5.56 Å². The van der Waals surface area contributed by atoms with E-state index in [9.17, 15) is 0 Å². The number of hydrogen-bond donors (Lipinski definition) is 0. The van der Waals surface area contributed by atoms with E-state index in [1.54, 1.807) is 0 Å². The lowest BCUT2D eigenvalue weighted by Gasteiger charge is -1.99. The van der Waals surface area contributed by atoms with Crippen molar-refractivity contribution in [2.45, 2.75) is 6.16 Å². The van der Waals surface area contributed by atoms with Crippen molar-refractivity contribution in [2.24, 2.45) is 0 Å². The van der Waals surface area contributed by atoms with Crippen LogP contribution in [0, 0.1) is 3.57 Å². The fourth-order valence-corrected chi connectivity index (χ4v) is 2.46. The summed E-state index contributed by atoms with van der Waals surface area (Å²) >= 11 is 2.39. The highest BCUT2D eigenvalue weighted by molar-refractivity contribution is 14.1. The van der Waals surface area contributed by atoms with Crippen LogP contribution in [0.15, 0.2) is 24.3 Å². The van der Waals surface area contributed by atoms with Crippen LogP contribution in [0.25, 0.3) is 0 Å². The van der Waals surface area contributed by atoms with Gasteiger partial charge in [-0.05, 0) is 47.0 Å². The summed E-state index contributed by atoms with van der Waals surface area (Å²) in [4.78, 5) is 0. The predicted molar refractivity (Wildman–Crippen MR) is 57.1 cm³/mol. The van der Waals surface area contributed by atoms with Crippen molar-refractivity contribution >= 4 is 31.2 Å². The maximum atomic E-state index is 2.39. The first kappa shape index (κ1) is 8.48. The van der Waals surface area contributed by atoms with Crippen LogP contribution in [0.4, 0.5) is 0 Å². The molecule has 1 rings (SSSR count). The van der Waals surface area contributed by atoms with Crippen molar-refractivity contribution in [2.75, 3.05) is 6.66 Å². The van der Waals surface area contributed by atoms with Crippen molar-refractivity contribution in [1.29, 1.82) is 0 Å². The molecule has 0 aromatic heterocycles. The highest BCUT2D eigenvalue weighted by Crippen LogP contribution is 2.19. The van der Waals surface area contributed by atoms with Gasteiger partial charge in [-0.25, -0.2) is 0 Å². The summed E-state index contributed by atoms with van der Waals surface area (Å²) in [5, 5.41) is 0. The molecule has 0 radical (unpaired) electrons. The average Bonchev–Trinajstić information content (AvgIpc) is 1.94. The quantitative estimate of drug-likeness (QED) is 0.568. The largest absolute Gasteiger partial charge is 0.121 e. The molecule has 0 heterocycles. The lowest BCUT2D eigenvalue weighted by Crippen LogP contribution is -1.81. The molecule has 0 aliphatic carbocycles. The molecule has 1 unspecified atom stereocenters. The monoisotopic (exact) mass is 264 g/mol. The van der Waals surface area contributed by atoms with Gasteiger partial charge < -0.3 is 0 Å². The molecule has 0 spiro atoms. The Kier molecular flexibility index (Phi) is 3.64. The second-order valence-electron chi connectivity index (χ2n) is 2.12. The van der Waals surface area contributed by atoms with Gasteiger partial charge in [0, 0.05) is 3.57 Å². The van der Waals surface area contributed by atoms with E-state index in [1.807, 2.05) is 0 Å². The van der Waals surface area contributed by atoms with E-state index < -0.39 is 0 Å². The Hall–Kier alpha value is 0.380. The standard InChI is InChI=1S/C8H10IP/c1-10-6-7-4-2-3-5-8(7)9/h2-5,10H,6H2,1H3. The summed E-state index contributed by atoms with van der Waals surface area (Å²) in [5.74, 6) is 0. The van der Waals surface area contributed by atoms with E-state index in [2.05, 4.69) is 53.5 Å². The topological polar surface area (TPSA) is 0 Å². The Morgan fingerprint density at radius 1 is 1.40 bits per heavy atom. The Bertz CT molecular complexity index is 210. The third-order valence-corrected chi connectivity index (χ3v) is 3.11. The van der Waals surface area contributed by atoms with Gasteiger partial charge in [0.25, 0.3) is 0 Å². The molecule has 0 fully saturated rings. The van der Waals surface area contributed by atoms with Gasteiger partial charge in [-0.1, -0.05) is 18.2 Å². The molecule has 10 heavy (non-hydrogen) atoms. The normalized spacial score (nSPS) is 11.0. The van der Waals surface area contributed by atoms with Crippen LogP contribution < -0.4 is 0 Å². The van der Waals surface area contributed by atoms with Gasteiger partial charge in [-0.3, -0.25) is 0 Å². The summed E-state index contributed by atoms with van der Waals surface area (Å²) in [6.07, 6.45) is 1.24. The summed E-state index contributed by atoms with van der Waals surface area (Å²) in [6.45, 7) is 2.24. The molecule has 0 amide bonds. The molecular weight excluding hydrogens is 254 g/mol. The van der Waals surface area contributed by atoms with Gasteiger partial charge in [0.2, 0.25) is 0 Å². The van der Waals surface area contributed by atoms with Crippen LogP contribution in [0.3, 0.4) is 0 Å². The molecule has 0 saturated carbocycles. The van der Waals surface area contributed by atoms with E-state index >= 15 is 0 Å². The summed E-state index contributed by atoms with van der Waals surface area (Å²) in [7, 11) is 1.03. The molecule has 0 bridgehead atoms. The van der Waals surface area contributed by atoms with Crippen molar-refractivity contribution in [3.8, 4) is 0 Å². The van der Waals surface area contributed by atoms with Crippen molar-refractivity contribution in [3.05, 3.63) is 33.4 Å². The zero-order chi connectivity index (χ0) is 7.40. The fourth-order valence-electron chi connectivity index (χ4n) is 0.832. The average molecular weight is 264 g/mol. The molecule has 0 aliphatic rings. The van der Waals surface area contributed by atoms with Gasteiger partial charge >= 0.3 is 0 Å². The molecule has 54 valence electrons. The molecule has 0 aliphatic heterocycles. The SMILES string of the molecule is CPCc1ccccc1I. The number of halogens is 1. The number of benzene rings is 1. The van der Waals surface area contributed by atoms with Gasteiger partial charge in [0.15, 0.2) is 0 Å². The zero-order valence-electron chi connectivity index (χ0n) is 5.89. The summed E-state index contributed by atoms with van der Waals surface area (Å²) in [5.41, 5.74) is 1.49. The summed E-state index contributed by atoms with van der Waals surface area (Å²) in [6, 6.07) is 8.57. The van der Waals surface area contributed by atoms with E-state index in [4.69, 9.17) is 0 Å². The fraction of sp³-hybridized carbons (Fsp3) is 0.250. The minimum absolute atomic E-state index is 1.03. The molecule has 0 saturated heterocycles. The smallest absolute Gasteiger partial charge is 0.0165 e. The van der Waals surface area contributed by atoms with E-state index in [0.29, 0.717) is 0 Å². The Morgan fingerprint density at radius 3 is 2.70 bits per heavy atom. The number of hydrogen-bond acceptors (Lipinski definition) is 0. The summed E-state index contributed by atoms with van der Waals surface area (Å²) < 4.78 is 1.40. The second kappa shape index (κ2) is 4.30. The molecule has 0 nitrogen and oxygen atoms in total. The maximum Gasteiger partial charge on any atom is 0.0165 e. The minimum Gasteiger partial charge on any atom is -0.121 e. The third kappa shape index (κ3) is 2.21. The lowest BCUT2D eigenvalue weighted by atomic mass is 10.2. The predicted octanol–water partition coefficient (Wildman–Crippen LogP) is 3.10. The van der Waals surface area contributed by atoms with E-state index in [-0.39, 0.29) is 0 Å². The van der Waals surface area contributed by atoms with Crippen LogP contribution >= 0.6 is 31.2 Å². The van der Waals surface area contributed by atoms with E-state index in [0.717, 1.165) is 8.58 Å². The van der Waals surface area contributed by atoms with Gasteiger partial charge in [-0.15, -0.1) is 8.58 Å². The third-order valence-electron chi connectivity index (χ3n) is 1.33. The van der Waals surface area contributed by atoms with Crippen LogP contribution in [-0.4, -0.2) is 6.66 Å². The van der Waals surface area contributed by atoms with Gasteiger partial charge in [0.1, 0.15) is 0 Å². The molecule has 1 aromatic carbocycles. The second-order valence-corrected chi connectivity index (χ2v) is 4.34. The Labute approximate surface area is 77.3 Å². The van der Waals surface area contributed by atoms with Gasteiger partial charge in [0.05, 0.1) is 0 Å². The van der Waals surface area contributed by atoms with E-state index in [1.165, 1.54) is 15.3 Å². The molecule has 1 aromatic rings. The highest BCUT2D eigenvalue weighted by atomic mass is 127. The zero-order valence-corrected chi connectivity index (χ0v) is 9.05. The van der Waals surface area contributed by atoms with Crippen LogP contribution in [0.2, 0.25) is 0 Å². The van der Waals surface area contributed by atoms with Gasteiger partial charge in [-0.2, -0.15) is 0 Å². The molecule has 1 atom stereocenters. The van der Waals surface area contributed by atoms with Crippen molar-refractivity contribution in [3.63, 3.8) is 0 Å². The number of rotatable bonds is 2. The Morgan fingerprint density at radius 2 is 2.10 bits per heavy atom. The van der Waals surface area contributed by atoms with Crippen molar-refractivity contribution in [1.82, 2.24) is 0 Å². The highest BCUT2D eigenvalue weighted by Gasteiger charge is 1.93. The molecule has 2 heteroatoms. The van der Waals surface area contributed by atoms with Crippen LogP contribution in [-0.2, 0) is 6.16 Å². The first-order valence-electron chi connectivity index (χ1n) is 3.22. The first-order chi connectivity index (χ1) is 4.84. The Balaban J connectivity index is 2.81. The molecule has 0 N–H and O–H groups in total. The molecular formula is C8H10IP. The maximum absolute atomic E-state index is 2.39. The minimum atomic E-state index is 1.03. The first-order valence-corrected chi connectivity index (χ1v) is 6.01.